The molecule has 1 aliphatic heterocycles. The van der Waals surface area contributed by atoms with Gasteiger partial charge in [-0.1, -0.05) is 0 Å². The number of rotatable bonds is 8. The summed E-state index contributed by atoms with van der Waals surface area (Å²) in [5.41, 5.74) is 0. The second-order valence-corrected chi connectivity index (χ2v) is 4.70. The zero-order valence-electron chi connectivity index (χ0n) is 12.4. The molecule has 21 heavy (non-hydrogen) atoms. The highest BCUT2D eigenvalue weighted by molar-refractivity contribution is 5.91. The van der Waals surface area contributed by atoms with Crippen molar-refractivity contribution in [2.24, 2.45) is 0 Å². The molecular formula is C14H24ClNO5. The number of methoxy groups -OCH3 is 1. The molecule has 1 saturated heterocycles. The number of unbranched alkanes of at least 4 members (excludes halogenated alkanes) is 2. The van der Waals surface area contributed by atoms with Crippen molar-refractivity contribution in [2.75, 3.05) is 46.6 Å². The number of esters is 2. The first-order valence-corrected chi connectivity index (χ1v) is 7.06. The third-order valence-electron chi connectivity index (χ3n) is 3.18. The highest BCUT2D eigenvalue weighted by Crippen LogP contribution is 1.95. The average Bonchev–Trinajstić information content (AvgIpc) is 2.49. The molecule has 1 N–H and O–H groups in total. The van der Waals surface area contributed by atoms with E-state index < -0.39 is 11.9 Å². The quantitative estimate of drug-likeness (QED) is 0.284. The van der Waals surface area contributed by atoms with E-state index in [9.17, 15) is 9.59 Å². The van der Waals surface area contributed by atoms with Gasteiger partial charge < -0.3 is 31.5 Å². The maximum atomic E-state index is 11.2. The lowest BCUT2D eigenvalue weighted by Gasteiger charge is -2.23. The highest BCUT2D eigenvalue weighted by Gasteiger charge is 2.12. The van der Waals surface area contributed by atoms with Crippen LogP contribution in [0.5, 0.6) is 0 Å². The summed E-state index contributed by atoms with van der Waals surface area (Å²) in [6, 6.07) is 0. The van der Waals surface area contributed by atoms with E-state index in [-0.39, 0.29) is 12.4 Å². The third kappa shape index (κ3) is 10.3. The van der Waals surface area contributed by atoms with Crippen molar-refractivity contribution < 1.29 is 41.1 Å². The Morgan fingerprint density at radius 1 is 1.10 bits per heavy atom. The minimum Gasteiger partial charge on any atom is -1.00 e. The van der Waals surface area contributed by atoms with Gasteiger partial charge >= 0.3 is 11.9 Å². The molecule has 0 bridgehead atoms. The number of halogens is 1. The number of hydrogen-bond donors (Lipinski definition) is 1. The highest BCUT2D eigenvalue weighted by atomic mass is 35.5. The van der Waals surface area contributed by atoms with Crippen LogP contribution in [0.2, 0.25) is 0 Å². The van der Waals surface area contributed by atoms with E-state index in [1.54, 1.807) is 4.90 Å². The lowest BCUT2D eigenvalue weighted by atomic mass is 10.2. The zero-order valence-corrected chi connectivity index (χ0v) is 13.2. The van der Waals surface area contributed by atoms with Gasteiger partial charge in [-0.3, -0.25) is 0 Å². The van der Waals surface area contributed by atoms with Crippen LogP contribution in [0.15, 0.2) is 12.2 Å². The van der Waals surface area contributed by atoms with E-state index >= 15 is 0 Å². The van der Waals surface area contributed by atoms with Gasteiger partial charge in [-0.15, -0.1) is 0 Å². The first-order valence-electron chi connectivity index (χ1n) is 7.06. The Labute approximate surface area is 131 Å². The average molecular weight is 322 g/mol. The Kier molecular flexibility index (Phi) is 12.0. The van der Waals surface area contributed by atoms with E-state index in [2.05, 4.69) is 4.74 Å². The SMILES string of the molecule is COC(=O)/C=C/C(=O)OCCCCC[NH+]1CCOCC1.[Cl-]. The summed E-state index contributed by atoms with van der Waals surface area (Å²) in [5, 5.41) is 0. The molecule has 0 aromatic heterocycles. The van der Waals surface area contributed by atoms with Crippen LogP contribution < -0.4 is 17.3 Å². The van der Waals surface area contributed by atoms with Gasteiger partial charge in [0.25, 0.3) is 0 Å². The summed E-state index contributed by atoms with van der Waals surface area (Å²) in [4.78, 5) is 23.6. The summed E-state index contributed by atoms with van der Waals surface area (Å²) in [6.45, 7) is 5.45. The lowest BCUT2D eigenvalue weighted by Crippen LogP contribution is -3.14. The van der Waals surface area contributed by atoms with Gasteiger partial charge in [0.2, 0.25) is 0 Å². The molecule has 0 saturated carbocycles. The molecule has 0 spiro atoms. The molecule has 0 aromatic carbocycles. The summed E-state index contributed by atoms with van der Waals surface area (Å²) in [6.07, 6.45) is 5.17. The Morgan fingerprint density at radius 3 is 2.43 bits per heavy atom. The summed E-state index contributed by atoms with van der Waals surface area (Å²) in [5.74, 6) is -1.07. The van der Waals surface area contributed by atoms with Gasteiger partial charge in [0, 0.05) is 12.2 Å². The molecule has 7 heteroatoms. The van der Waals surface area contributed by atoms with Crippen molar-refractivity contribution in [2.45, 2.75) is 19.3 Å². The van der Waals surface area contributed by atoms with E-state index in [4.69, 9.17) is 9.47 Å². The second-order valence-electron chi connectivity index (χ2n) is 4.70. The van der Waals surface area contributed by atoms with Crippen LogP contribution in [0.4, 0.5) is 0 Å². The predicted octanol–water partition coefficient (Wildman–Crippen LogP) is -3.65. The smallest absolute Gasteiger partial charge is 0.331 e. The molecule has 6 nitrogen and oxygen atoms in total. The Hall–Kier alpha value is -1.11. The normalized spacial score (nSPS) is 15.5. The van der Waals surface area contributed by atoms with Gasteiger partial charge in [0.05, 0.1) is 33.5 Å². The molecular weight excluding hydrogens is 298 g/mol. The maximum Gasteiger partial charge on any atom is 0.331 e. The molecule has 0 amide bonds. The van der Waals surface area contributed by atoms with E-state index in [0.717, 1.165) is 64.3 Å². The number of carbonyl (C=O) groups is 2. The first kappa shape index (κ1) is 19.9. The molecule has 1 rings (SSSR count). The van der Waals surface area contributed by atoms with E-state index in [0.29, 0.717) is 6.61 Å². The molecule has 0 unspecified atom stereocenters. The van der Waals surface area contributed by atoms with Gasteiger partial charge in [0.1, 0.15) is 13.1 Å². The van der Waals surface area contributed by atoms with Crippen molar-refractivity contribution >= 4 is 11.9 Å². The summed E-state index contributed by atoms with van der Waals surface area (Å²) < 4.78 is 14.6. The summed E-state index contributed by atoms with van der Waals surface area (Å²) >= 11 is 0. The Morgan fingerprint density at radius 2 is 1.76 bits per heavy atom. The molecule has 122 valence electrons. The van der Waals surface area contributed by atoms with Crippen LogP contribution in [0, 0.1) is 0 Å². The fourth-order valence-electron chi connectivity index (χ4n) is 1.99. The number of morpholine rings is 1. The van der Waals surface area contributed by atoms with Crippen molar-refractivity contribution in [3.63, 3.8) is 0 Å². The standard InChI is InChI=1S/C14H23NO5.ClH/c1-18-13(16)5-6-14(17)20-10-4-2-3-7-15-8-11-19-12-9-15;/h5-6H,2-4,7-12H2,1H3;1H/b6-5+;. The van der Waals surface area contributed by atoms with Crippen molar-refractivity contribution in [1.82, 2.24) is 0 Å². The Balaban J connectivity index is 0.00000400. The lowest BCUT2D eigenvalue weighted by molar-refractivity contribution is -0.908. The zero-order chi connectivity index (χ0) is 14.6. The topological polar surface area (TPSA) is 66.3 Å². The van der Waals surface area contributed by atoms with E-state index in [1.807, 2.05) is 0 Å². The largest absolute Gasteiger partial charge is 1.00 e. The number of hydrogen-bond acceptors (Lipinski definition) is 5. The van der Waals surface area contributed by atoms with Crippen molar-refractivity contribution in [3.05, 3.63) is 12.2 Å². The molecule has 0 radical (unpaired) electrons. The molecule has 0 aliphatic carbocycles. The fourth-order valence-corrected chi connectivity index (χ4v) is 1.99. The number of nitrogens with one attached hydrogen (secondary N) is 1. The van der Waals surface area contributed by atoms with Crippen LogP contribution >= 0.6 is 0 Å². The van der Waals surface area contributed by atoms with Gasteiger partial charge in [0.15, 0.2) is 0 Å². The van der Waals surface area contributed by atoms with Crippen LogP contribution in [-0.4, -0.2) is 58.5 Å². The molecule has 0 aromatic rings. The molecule has 0 atom stereocenters. The molecule has 1 heterocycles. The number of carbonyl (C=O) groups excluding carboxylic acids is 2. The fraction of sp³-hybridized carbons (Fsp3) is 0.714. The monoisotopic (exact) mass is 321 g/mol. The van der Waals surface area contributed by atoms with Gasteiger partial charge in [-0.2, -0.15) is 0 Å². The third-order valence-corrected chi connectivity index (χ3v) is 3.18. The van der Waals surface area contributed by atoms with Crippen LogP contribution in [-0.2, 0) is 23.8 Å². The van der Waals surface area contributed by atoms with Gasteiger partial charge in [-0.25, -0.2) is 9.59 Å². The molecule has 1 fully saturated rings. The van der Waals surface area contributed by atoms with Crippen molar-refractivity contribution in [1.29, 1.82) is 0 Å². The second kappa shape index (κ2) is 12.6. The van der Waals surface area contributed by atoms with E-state index in [1.165, 1.54) is 7.11 Å². The van der Waals surface area contributed by atoms with Gasteiger partial charge in [-0.05, 0) is 19.3 Å². The Bertz CT molecular complexity index is 329. The summed E-state index contributed by atoms with van der Waals surface area (Å²) in [7, 11) is 1.26. The predicted molar refractivity (Wildman–Crippen MR) is 72.3 cm³/mol. The minimum atomic E-state index is -0.560. The van der Waals surface area contributed by atoms with Crippen molar-refractivity contribution in [3.8, 4) is 0 Å². The minimum absolute atomic E-state index is 0. The maximum absolute atomic E-state index is 11.2. The molecule has 1 aliphatic rings. The number of ether oxygens (including phenoxy) is 3. The number of quaternary nitrogens is 1. The van der Waals surface area contributed by atoms with Crippen LogP contribution in [0.25, 0.3) is 0 Å². The first-order chi connectivity index (χ1) is 9.72. The van der Waals surface area contributed by atoms with Crippen LogP contribution in [0.1, 0.15) is 19.3 Å². The van der Waals surface area contributed by atoms with Crippen LogP contribution in [0.3, 0.4) is 0 Å².